The van der Waals surface area contributed by atoms with Crippen LogP contribution in [0.2, 0.25) is 10.0 Å². The lowest BCUT2D eigenvalue weighted by atomic mass is 9.97. The van der Waals surface area contributed by atoms with E-state index in [9.17, 15) is 4.79 Å². The summed E-state index contributed by atoms with van der Waals surface area (Å²) in [5, 5.41) is 9.19. The zero-order chi connectivity index (χ0) is 24.4. The molecule has 6 nitrogen and oxygen atoms in total. The van der Waals surface area contributed by atoms with Crippen molar-refractivity contribution in [1.82, 2.24) is 19.5 Å². The number of nitrogens with zero attached hydrogens (tertiary/aromatic N) is 4. The minimum absolute atomic E-state index is 0.129. The molecule has 35 heavy (non-hydrogen) atoms. The number of likely N-dealkylation sites (tertiary alicyclic amines) is 1. The largest absolute Gasteiger partial charge is 0.370 e. The number of anilines is 1. The van der Waals surface area contributed by atoms with Crippen molar-refractivity contribution >= 4 is 53.9 Å². The molecule has 1 amide bonds. The van der Waals surface area contributed by atoms with Gasteiger partial charge < -0.3 is 10.2 Å². The first-order chi connectivity index (χ1) is 17.0. The van der Waals surface area contributed by atoms with Crippen LogP contribution in [-0.4, -0.2) is 52.9 Å². The van der Waals surface area contributed by atoms with Crippen LogP contribution in [0.4, 0.5) is 5.82 Å². The van der Waals surface area contributed by atoms with Crippen molar-refractivity contribution in [2.45, 2.75) is 19.3 Å². The molecule has 0 aliphatic carbocycles. The third-order valence-electron chi connectivity index (χ3n) is 6.34. The predicted molar refractivity (Wildman–Crippen MR) is 142 cm³/mol. The van der Waals surface area contributed by atoms with Gasteiger partial charge >= 0.3 is 0 Å². The standard InChI is InChI=1S/C26H24BCl2N5O/c27-21-15-31-34-24(13-23(32-26(21)34)20-8-1-2-9-22(20)29)30-14-18-6-4-10-33(16-18)25(35)12-17-5-3-7-19(28)11-17/h1-3,5,7-9,11,13,15,18,30H,4,6,10,12,14,16H2. The van der Waals surface area contributed by atoms with Gasteiger partial charge in [-0.3, -0.25) is 4.79 Å². The molecule has 0 saturated carbocycles. The molecule has 1 atom stereocenters. The van der Waals surface area contributed by atoms with Crippen LogP contribution in [0.5, 0.6) is 0 Å². The van der Waals surface area contributed by atoms with Gasteiger partial charge in [0, 0.05) is 47.5 Å². The molecule has 2 radical (unpaired) electrons. The smallest absolute Gasteiger partial charge is 0.227 e. The van der Waals surface area contributed by atoms with Crippen molar-refractivity contribution in [1.29, 1.82) is 0 Å². The van der Waals surface area contributed by atoms with E-state index in [1.807, 2.05) is 59.5 Å². The molecular weight excluding hydrogens is 480 g/mol. The topological polar surface area (TPSA) is 62.5 Å². The van der Waals surface area contributed by atoms with Crippen LogP contribution in [0, 0.1) is 5.92 Å². The Hall–Kier alpha value is -3.03. The second kappa shape index (κ2) is 10.3. The maximum atomic E-state index is 12.9. The molecule has 1 aliphatic heterocycles. The lowest BCUT2D eigenvalue weighted by Gasteiger charge is -2.33. The second-order valence-electron chi connectivity index (χ2n) is 8.88. The van der Waals surface area contributed by atoms with Gasteiger partial charge in [0.2, 0.25) is 5.91 Å². The summed E-state index contributed by atoms with van der Waals surface area (Å²) < 4.78 is 1.71. The lowest BCUT2D eigenvalue weighted by molar-refractivity contribution is -0.132. The van der Waals surface area contributed by atoms with E-state index in [2.05, 4.69) is 10.4 Å². The molecule has 9 heteroatoms. The van der Waals surface area contributed by atoms with Gasteiger partial charge in [0.05, 0.1) is 12.1 Å². The quantitative estimate of drug-likeness (QED) is 0.396. The second-order valence-corrected chi connectivity index (χ2v) is 9.72. The average molecular weight is 504 g/mol. The highest BCUT2D eigenvalue weighted by Gasteiger charge is 2.24. The Morgan fingerprint density at radius 1 is 1.14 bits per heavy atom. The third kappa shape index (κ3) is 5.31. The number of carbonyl (C=O) groups excluding carboxylic acids is 1. The molecule has 176 valence electrons. The molecule has 2 aromatic carbocycles. The van der Waals surface area contributed by atoms with Gasteiger partial charge in [-0.25, -0.2) is 4.98 Å². The summed E-state index contributed by atoms with van der Waals surface area (Å²) in [7, 11) is 6.13. The summed E-state index contributed by atoms with van der Waals surface area (Å²) in [4.78, 5) is 19.6. The molecule has 1 unspecified atom stereocenters. The predicted octanol–water partition coefficient (Wildman–Crippen LogP) is 4.39. The fourth-order valence-electron chi connectivity index (χ4n) is 4.55. The zero-order valence-corrected chi connectivity index (χ0v) is 20.6. The van der Waals surface area contributed by atoms with Crippen molar-refractivity contribution in [2.24, 2.45) is 5.92 Å². The van der Waals surface area contributed by atoms with Gasteiger partial charge in [-0.1, -0.05) is 53.5 Å². The van der Waals surface area contributed by atoms with Gasteiger partial charge in [-0.2, -0.15) is 9.61 Å². The maximum absolute atomic E-state index is 12.9. The summed E-state index contributed by atoms with van der Waals surface area (Å²) in [5.41, 5.74) is 3.56. The highest BCUT2D eigenvalue weighted by molar-refractivity contribution is 6.36. The minimum Gasteiger partial charge on any atom is -0.370 e. The monoisotopic (exact) mass is 503 g/mol. The molecule has 1 fully saturated rings. The van der Waals surface area contributed by atoms with Gasteiger partial charge in [0.25, 0.3) is 0 Å². The Morgan fingerprint density at radius 2 is 2.00 bits per heavy atom. The van der Waals surface area contributed by atoms with Crippen LogP contribution in [-0.2, 0) is 11.2 Å². The van der Waals surface area contributed by atoms with Gasteiger partial charge in [-0.15, -0.1) is 0 Å². The van der Waals surface area contributed by atoms with Crippen molar-refractivity contribution in [3.05, 3.63) is 76.4 Å². The highest BCUT2D eigenvalue weighted by Crippen LogP contribution is 2.28. The van der Waals surface area contributed by atoms with E-state index in [1.165, 1.54) is 0 Å². The molecule has 5 rings (SSSR count). The Kier molecular flexibility index (Phi) is 6.98. The van der Waals surface area contributed by atoms with E-state index in [0.717, 1.165) is 42.0 Å². The Morgan fingerprint density at radius 3 is 2.83 bits per heavy atom. The molecule has 1 aliphatic rings. The van der Waals surface area contributed by atoms with E-state index < -0.39 is 0 Å². The molecular formula is C26H24BCl2N5O. The van der Waals surface area contributed by atoms with Crippen LogP contribution in [0.3, 0.4) is 0 Å². The number of nitrogens with one attached hydrogen (secondary N) is 1. The van der Waals surface area contributed by atoms with Gasteiger partial charge in [0.15, 0.2) is 5.65 Å². The van der Waals surface area contributed by atoms with E-state index in [0.29, 0.717) is 46.6 Å². The van der Waals surface area contributed by atoms with E-state index in [1.54, 1.807) is 10.7 Å². The Bertz CT molecular complexity index is 1380. The summed E-state index contributed by atoms with van der Waals surface area (Å²) in [6.45, 7) is 2.18. The molecule has 0 bridgehead atoms. The Labute approximate surface area is 215 Å². The zero-order valence-electron chi connectivity index (χ0n) is 19.1. The number of hydrogen-bond donors (Lipinski definition) is 1. The normalized spacial score (nSPS) is 15.9. The van der Waals surface area contributed by atoms with Gasteiger partial charge in [-0.05, 0) is 48.0 Å². The molecule has 2 aromatic heterocycles. The third-order valence-corrected chi connectivity index (χ3v) is 6.90. The highest BCUT2D eigenvalue weighted by atomic mass is 35.5. The van der Waals surface area contributed by atoms with Gasteiger partial charge in [0.1, 0.15) is 13.7 Å². The number of hydrogen-bond acceptors (Lipinski definition) is 4. The van der Waals surface area contributed by atoms with Crippen molar-refractivity contribution in [3.63, 3.8) is 0 Å². The first-order valence-corrected chi connectivity index (χ1v) is 12.4. The molecule has 1 N–H and O–H groups in total. The summed E-state index contributed by atoms with van der Waals surface area (Å²) >= 11 is 12.5. The fraction of sp³-hybridized carbons (Fsp3) is 0.269. The number of fused-ring (bicyclic) bond motifs is 1. The van der Waals surface area contributed by atoms with Crippen molar-refractivity contribution in [3.8, 4) is 11.3 Å². The number of carbonyl (C=O) groups is 1. The Balaban J connectivity index is 1.31. The first-order valence-electron chi connectivity index (χ1n) is 11.6. The molecule has 0 spiro atoms. The number of piperidine rings is 1. The minimum atomic E-state index is 0.129. The van der Waals surface area contributed by atoms with Crippen molar-refractivity contribution in [2.75, 3.05) is 25.0 Å². The van der Waals surface area contributed by atoms with E-state index >= 15 is 0 Å². The summed E-state index contributed by atoms with van der Waals surface area (Å²) in [6, 6.07) is 17.0. The van der Waals surface area contributed by atoms with E-state index in [-0.39, 0.29) is 5.91 Å². The van der Waals surface area contributed by atoms with Crippen LogP contribution in [0.15, 0.2) is 60.8 Å². The van der Waals surface area contributed by atoms with Crippen LogP contribution < -0.4 is 10.8 Å². The summed E-state index contributed by atoms with van der Waals surface area (Å²) in [5.74, 6) is 1.22. The molecule has 4 aromatic rings. The van der Waals surface area contributed by atoms with Crippen LogP contribution in [0.1, 0.15) is 18.4 Å². The molecule has 3 heterocycles. The van der Waals surface area contributed by atoms with Crippen LogP contribution in [0.25, 0.3) is 16.9 Å². The number of rotatable bonds is 6. The lowest BCUT2D eigenvalue weighted by Crippen LogP contribution is -2.42. The van der Waals surface area contributed by atoms with E-state index in [4.69, 9.17) is 36.0 Å². The van der Waals surface area contributed by atoms with Crippen LogP contribution >= 0.6 is 23.2 Å². The first kappa shape index (κ1) is 23.7. The number of aromatic nitrogens is 3. The molecule has 1 saturated heterocycles. The maximum Gasteiger partial charge on any atom is 0.227 e. The number of halogens is 2. The number of amides is 1. The summed E-state index contributed by atoms with van der Waals surface area (Å²) in [6.07, 6.45) is 3.97. The van der Waals surface area contributed by atoms with Crippen molar-refractivity contribution < 1.29 is 4.79 Å². The average Bonchev–Trinajstić information content (AvgIpc) is 3.24. The SMILES string of the molecule is [B]c1cnn2c(NCC3CCCN(C(=O)Cc4cccc(Cl)c4)C3)cc(-c3ccccc3Cl)nc12. The fourth-order valence-corrected chi connectivity index (χ4v) is 5.00. The number of benzene rings is 2.